The lowest BCUT2D eigenvalue weighted by Crippen LogP contribution is -1.91. The predicted octanol–water partition coefficient (Wildman–Crippen LogP) is 11.3. The Bertz CT molecular complexity index is 2880. The van der Waals surface area contributed by atoms with Gasteiger partial charge in [0.15, 0.2) is 12.0 Å². The summed E-state index contributed by atoms with van der Waals surface area (Å²) in [6.45, 7) is 0. The average molecular weight is 602 g/mol. The van der Waals surface area contributed by atoms with Crippen LogP contribution in [0.4, 0.5) is 0 Å². The number of fused-ring (bicyclic) bond motifs is 8. The Morgan fingerprint density at radius 1 is 0.489 bits per heavy atom. The molecule has 0 aliphatic carbocycles. The first-order chi connectivity index (χ1) is 23.2. The summed E-state index contributed by atoms with van der Waals surface area (Å²) in [5.74, 6) is 0. The Labute approximate surface area is 270 Å². The summed E-state index contributed by atoms with van der Waals surface area (Å²) < 4.78 is 7.86. The molecule has 0 aliphatic rings. The molecule has 0 amide bonds. The number of imidazole rings is 1. The summed E-state index contributed by atoms with van der Waals surface area (Å²) in [7, 11) is 2.08. The molecule has 2 aromatic heterocycles. The van der Waals surface area contributed by atoms with Crippen molar-refractivity contribution in [2.45, 2.75) is 0 Å². The molecule has 10 aromatic rings. The van der Waals surface area contributed by atoms with Crippen molar-refractivity contribution < 1.29 is 4.42 Å². The second-order valence-electron chi connectivity index (χ2n) is 12.4. The largest absolute Gasteiger partial charge is 0.443 e. The third kappa shape index (κ3) is 3.95. The Balaban J connectivity index is 1.07. The van der Waals surface area contributed by atoms with Crippen LogP contribution < -0.4 is 0 Å². The van der Waals surface area contributed by atoms with Gasteiger partial charge in [-0.3, -0.25) is 0 Å². The number of aryl methyl sites for hydroxylation is 1. The van der Waals surface area contributed by atoms with E-state index in [0.29, 0.717) is 0 Å². The number of hydrogen-bond acceptors (Lipinski definition) is 3. The van der Waals surface area contributed by atoms with Gasteiger partial charge in [0, 0.05) is 23.7 Å². The van der Waals surface area contributed by atoms with Crippen LogP contribution in [-0.2, 0) is 7.05 Å². The summed E-state index contributed by atoms with van der Waals surface area (Å²) in [6, 6.07) is 48.3. The first kappa shape index (κ1) is 26.0. The standard InChI is InChI=1S/C43H27N3O/c1-46-24-44-41-37(19-20-38(42(41)46)31-14-17-34-27(22-31)10-9-26-5-2-3-6-33(26)34)30-13-16-35-28(21-30)11-12-29-23-32(15-18-36(29)35)39-7-4-8-40-43(39)47-25-45-40/h2-25H,1H3. The van der Waals surface area contributed by atoms with Crippen LogP contribution >= 0.6 is 0 Å². The molecule has 0 fully saturated rings. The predicted molar refractivity (Wildman–Crippen MR) is 195 cm³/mol. The van der Waals surface area contributed by atoms with Crippen molar-refractivity contribution in [2.75, 3.05) is 0 Å². The number of benzene rings is 8. The van der Waals surface area contributed by atoms with E-state index in [9.17, 15) is 0 Å². The molecule has 2 heterocycles. The van der Waals surface area contributed by atoms with E-state index in [-0.39, 0.29) is 0 Å². The van der Waals surface area contributed by atoms with Crippen LogP contribution in [0.1, 0.15) is 0 Å². The van der Waals surface area contributed by atoms with E-state index >= 15 is 0 Å². The number of rotatable bonds is 3. The van der Waals surface area contributed by atoms with Crippen LogP contribution in [-0.4, -0.2) is 14.5 Å². The molecule has 8 aromatic carbocycles. The molecule has 4 heteroatoms. The molecular weight excluding hydrogens is 574 g/mol. The zero-order chi connectivity index (χ0) is 31.1. The second kappa shape index (κ2) is 9.87. The van der Waals surface area contributed by atoms with E-state index in [0.717, 1.165) is 44.4 Å². The van der Waals surface area contributed by atoms with Crippen LogP contribution in [0.15, 0.2) is 151 Å². The number of oxazole rings is 1. The summed E-state index contributed by atoms with van der Waals surface area (Å²) >= 11 is 0. The van der Waals surface area contributed by atoms with Crippen molar-refractivity contribution in [3.8, 4) is 33.4 Å². The Morgan fingerprint density at radius 2 is 1.09 bits per heavy atom. The lowest BCUT2D eigenvalue weighted by Gasteiger charge is -2.12. The van der Waals surface area contributed by atoms with E-state index < -0.39 is 0 Å². The molecule has 10 rings (SSSR count). The quantitative estimate of drug-likeness (QED) is 0.189. The molecule has 0 saturated carbocycles. The molecule has 0 saturated heterocycles. The smallest absolute Gasteiger partial charge is 0.182 e. The topological polar surface area (TPSA) is 43.9 Å². The highest BCUT2D eigenvalue weighted by Crippen LogP contribution is 2.39. The van der Waals surface area contributed by atoms with Gasteiger partial charge >= 0.3 is 0 Å². The minimum Gasteiger partial charge on any atom is -0.443 e. The minimum absolute atomic E-state index is 0.818. The zero-order valence-corrected chi connectivity index (χ0v) is 25.6. The number of nitrogens with zero attached hydrogens (tertiary/aromatic N) is 3. The van der Waals surface area contributed by atoms with Crippen molar-refractivity contribution in [3.63, 3.8) is 0 Å². The van der Waals surface area contributed by atoms with Crippen LogP contribution in [0, 0.1) is 0 Å². The molecule has 220 valence electrons. The van der Waals surface area contributed by atoms with Gasteiger partial charge in [-0.1, -0.05) is 109 Å². The van der Waals surface area contributed by atoms with E-state index in [1.807, 2.05) is 18.5 Å². The van der Waals surface area contributed by atoms with Gasteiger partial charge in [-0.2, -0.15) is 0 Å². The molecule has 0 radical (unpaired) electrons. The van der Waals surface area contributed by atoms with Crippen molar-refractivity contribution in [3.05, 3.63) is 146 Å². The van der Waals surface area contributed by atoms with Crippen molar-refractivity contribution in [2.24, 2.45) is 7.05 Å². The van der Waals surface area contributed by atoms with Gasteiger partial charge in [-0.15, -0.1) is 0 Å². The van der Waals surface area contributed by atoms with Gasteiger partial charge in [-0.25, -0.2) is 9.97 Å². The van der Waals surface area contributed by atoms with Crippen molar-refractivity contribution in [1.82, 2.24) is 14.5 Å². The Morgan fingerprint density at radius 3 is 1.81 bits per heavy atom. The van der Waals surface area contributed by atoms with Gasteiger partial charge in [0.25, 0.3) is 0 Å². The maximum atomic E-state index is 5.72. The van der Waals surface area contributed by atoms with Crippen molar-refractivity contribution in [1.29, 1.82) is 0 Å². The van der Waals surface area contributed by atoms with Crippen LogP contribution in [0.25, 0.3) is 98.6 Å². The molecule has 0 bridgehead atoms. The lowest BCUT2D eigenvalue weighted by atomic mass is 9.93. The highest BCUT2D eigenvalue weighted by molar-refractivity contribution is 6.12. The number of aromatic nitrogens is 3. The third-order valence-electron chi connectivity index (χ3n) is 9.73. The van der Waals surface area contributed by atoms with E-state index in [4.69, 9.17) is 9.40 Å². The molecule has 0 unspecified atom stereocenters. The van der Waals surface area contributed by atoms with Crippen molar-refractivity contribution >= 4 is 65.2 Å². The lowest BCUT2D eigenvalue weighted by molar-refractivity contribution is 0.603. The van der Waals surface area contributed by atoms with Gasteiger partial charge in [-0.05, 0) is 84.0 Å². The fourth-order valence-corrected chi connectivity index (χ4v) is 7.44. The first-order valence-corrected chi connectivity index (χ1v) is 15.8. The van der Waals surface area contributed by atoms with Crippen LogP contribution in [0.3, 0.4) is 0 Å². The highest BCUT2D eigenvalue weighted by atomic mass is 16.3. The molecule has 0 spiro atoms. The van der Waals surface area contributed by atoms with E-state index in [2.05, 4.69) is 138 Å². The maximum Gasteiger partial charge on any atom is 0.182 e. The molecule has 0 atom stereocenters. The summed E-state index contributed by atoms with van der Waals surface area (Å²) in [5, 5.41) is 9.92. The maximum absolute atomic E-state index is 5.72. The fourth-order valence-electron chi connectivity index (χ4n) is 7.44. The Hall–Kier alpha value is -6.26. The third-order valence-corrected chi connectivity index (χ3v) is 9.73. The second-order valence-corrected chi connectivity index (χ2v) is 12.4. The van der Waals surface area contributed by atoms with Crippen LogP contribution in [0.2, 0.25) is 0 Å². The van der Waals surface area contributed by atoms with E-state index in [1.165, 1.54) is 60.6 Å². The van der Waals surface area contributed by atoms with Gasteiger partial charge in [0.1, 0.15) is 5.52 Å². The first-order valence-electron chi connectivity index (χ1n) is 15.8. The van der Waals surface area contributed by atoms with E-state index in [1.54, 1.807) is 0 Å². The van der Waals surface area contributed by atoms with Crippen LogP contribution in [0.5, 0.6) is 0 Å². The number of para-hydroxylation sites is 1. The molecule has 4 nitrogen and oxygen atoms in total. The average Bonchev–Trinajstić information content (AvgIpc) is 3.77. The summed E-state index contributed by atoms with van der Waals surface area (Å²) in [4.78, 5) is 9.25. The van der Waals surface area contributed by atoms with Gasteiger partial charge in [0.2, 0.25) is 0 Å². The van der Waals surface area contributed by atoms with Gasteiger partial charge < -0.3 is 8.98 Å². The normalized spacial score (nSPS) is 11.9. The SMILES string of the molecule is Cn1cnc2c(-c3ccc4c(ccc5cc(-c6cccc7ncoc67)ccc54)c3)ccc(-c3ccc4c(ccc5ccccc54)c3)c21. The fraction of sp³-hybridized carbons (Fsp3) is 0.0233. The summed E-state index contributed by atoms with van der Waals surface area (Å²) in [6.07, 6.45) is 3.44. The molecule has 0 aliphatic heterocycles. The molecule has 47 heavy (non-hydrogen) atoms. The molecular formula is C43H27N3O. The Kier molecular flexibility index (Phi) is 5.46. The molecule has 0 N–H and O–H groups in total. The minimum atomic E-state index is 0.818. The zero-order valence-electron chi connectivity index (χ0n) is 25.6. The summed E-state index contributed by atoms with van der Waals surface area (Å²) in [5.41, 5.74) is 10.7. The van der Waals surface area contributed by atoms with Gasteiger partial charge in [0.05, 0.1) is 17.4 Å². The number of hydrogen-bond donors (Lipinski definition) is 0. The highest BCUT2D eigenvalue weighted by Gasteiger charge is 2.16. The monoisotopic (exact) mass is 601 g/mol.